The Balaban J connectivity index is 1.22. The summed E-state index contributed by atoms with van der Waals surface area (Å²) in [6.07, 6.45) is 5.34. The largest absolute Gasteiger partial charge is 0.349 e. The number of carbonyl (C=O) groups is 2. The summed E-state index contributed by atoms with van der Waals surface area (Å²) in [5, 5.41) is 3.58. The summed E-state index contributed by atoms with van der Waals surface area (Å²) in [4.78, 5) is 41.6. The van der Waals surface area contributed by atoms with Gasteiger partial charge in [0.05, 0.1) is 18.0 Å². The molecule has 2 saturated carbocycles. The molecule has 9 heteroatoms. The average Bonchev–Trinajstić information content (AvgIpc) is 3.75. The molecule has 1 aromatic carbocycles. The van der Waals surface area contributed by atoms with Crippen molar-refractivity contribution in [3.05, 3.63) is 46.7 Å². The number of carbonyl (C=O) groups excluding carboxylic acids is 2. The van der Waals surface area contributed by atoms with E-state index in [1.165, 1.54) is 19.2 Å². The zero-order valence-electron chi connectivity index (χ0n) is 20.2. The molecule has 3 heterocycles. The van der Waals surface area contributed by atoms with Crippen LogP contribution in [0.25, 0.3) is 0 Å². The smallest absolute Gasteiger partial charge is 0.231 e. The highest BCUT2D eigenvalue weighted by Crippen LogP contribution is 2.44. The summed E-state index contributed by atoms with van der Waals surface area (Å²) in [5.41, 5.74) is 2.04. The standard InChI is InChI=1S/C26H31ClN6O2/c1-15-11-22(34)30-24-23(15)25(29-14-28-24)32-9-10-33(21-12-20(21)32)26(35)19(13-31(2)18-7-8-18)16-3-5-17(27)6-4-16/h3-6,14-15,18-21H,7-13H2,1-2H3,(H,28,29,30,34)/t15-,19-,20+,21-/m1/s1. The van der Waals surface area contributed by atoms with Crippen LogP contribution in [0.15, 0.2) is 30.6 Å². The minimum absolute atomic E-state index is 0.00114. The van der Waals surface area contributed by atoms with Gasteiger partial charge in [-0.15, -0.1) is 0 Å². The quantitative estimate of drug-likeness (QED) is 0.664. The van der Waals surface area contributed by atoms with Crippen LogP contribution in [0.3, 0.4) is 0 Å². The Morgan fingerprint density at radius 2 is 1.97 bits per heavy atom. The fraction of sp³-hybridized carbons (Fsp3) is 0.538. The zero-order valence-corrected chi connectivity index (χ0v) is 20.9. The van der Waals surface area contributed by atoms with Crippen LogP contribution in [0.1, 0.15) is 55.6 Å². The summed E-state index contributed by atoms with van der Waals surface area (Å²) < 4.78 is 0. The monoisotopic (exact) mass is 494 g/mol. The number of nitrogens with zero attached hydrogens (tertiary/aromatic N) is 5. The van der Waals surface area contributed by atoms with Crippen molar-refractivity contribution in [3.8, 4) is 0 Å². The number of nitrogens with one attached hydrogen (secondary N) is 1. The normalized spacial score (nSPS) is 26.2. The Bertz CT molecular complexity index is 1150. The van der Waals surface area contributed by atoms with E-state index in [4.69, 9.17) is 11.6 Å². The molecule has 0 unspecified atom stereocenters. The van der Waals surface area contributed by atoms with Gasteiger partial charge in [0.25, 0.3) is 0 Å². The number of hydrogen-bond donors (Lipinski definition) is 1. The molecule has 1 N–H and O–H groups in total. The fourth-order valence-electron chi connectivity index (χ4n) is 5.83. The Morgan fingerprint density at radius 3 is 2.71 bits per heavy atom. The molecule has 8 nitrogen and oxygen atoms in total. The van der Waals surface area contributed by atoms with Gasteiger partial charge in [0, 0.05) is 42.7 Å². The topological polar surface area (TPSA) is 81.7 Å². The molecule has 35 heavy (non-hydrogen) atoms. The van der Waals surface area contributed by atoms with Crippen molar-refractivity contribution in [1.82, 2.24) is 19.8 Å². The maximum absolute atomic E-state index is 13.9. The van der Waals surface area contributed by atoms with E-state index in [1.807, 2.05) is 24.3 Å². The van der Waals surface area contributed by atoms with E-state index in [1.54, 1.807) is 0 Å². The van der Waals surface area contributed by atoms with E-state index in [0.717, 1.165) is 36.5 Å². The van der Waals surface area contributed by atoms with Crippen molar-refractivity contribution < 1.29 is 9.59 Å². The molecule has 6 rings (SSSR count). The van der Waals surface area contributed by atoms with E-state index in [2.05, 4.69) is 44.0 Å². The van der Waals surface area contributed by atoms with Gasteiger partial charge in [0.1, 0.15) is 18.0 Å². The summed E-state index contributed by atoms with van der Waals surface area (Å²) in [5.74, 6) is 1.60. The van der Waals surface area contributed by atoms with Gasteiger partial charge in [-0.3, -0.25) is 9.59 Å². The first kappa shape index (κ1) is 22.7. The second-order valence-electron chi connectivity index (χ2n) is 10.5. The van der Waals surface area contributed by atoms with Crippen LogP contribution in [0, 0.1) is 0 Å². The molecule has 2 aliphatic heterocycles. The lowest BCUT2D eigenvalue weighted by Crippen LogP contribution is -2.51. The van der Waals surface area contributed by atoms with Crippen LogP contribution >= 0.6 is 11.6 Å². The van der Waals surface area contributed by atoms with Crippen LogP contribution in [0.4, 0.5) is 11.6 Å². The van der Waals surface area contributed by atoms with Gasteiger partial charge in [-0.25, -0.2) is 9.97 Å². The van der Waals surface area contributed by atoms with E-state index in [0.29, 0.717) is 29.8 Å². The number of fused-ring (bicyclic) bond motifs is 2. The number of aromatic nitrogens is 2. The first-order valence-corrected chi connectivity index (χ1v) is 13.0. The molecule has 2 aliphatic carbocycles. The lowest BCUT2D eigenvalue weighted by molar-refractivity contribution is -0.134. The maximum Gasteiger partial charge on any atom is 0.231 e. The van der Waals surface area contributed by atoms with Gasteiger partial charge in [-0.1, -0.05) is 30.7 Å². The zero-order chi connectivity index (χ0) is 24.3. The second kappa shape index (κ2) is 8.75. The van der Waals surface area contributed by atoms with E-state index < -0.39 is 0 Å². The molecular weight excluding hydrogens is 464 g/mol. The highest BCUT2D eigenvalue weighted by molar-refractivity contribution is 6.30. The predicted molar refractivity (Wildman–Crippen MR) is 135 cm³/mol. The number of likely N-dealkylation sites (N-methyl/N-ethyl adjacent to an activating group) is 1. The molecule has 1 saturated heterocycles. The lowest BCUT2D eigenvalue weighted by Gasteiger charge is -2.38. The van der Waals surface area contributed by atoms with Gasteiger partial charge >= 0.3 is 0 Å². The van der Waals surface area contributed by atoms with E-state index in [-0.39, 0.29) is 35.7 Å². The van der Waals surface area contributed by atoms with Crippen molar-refractivity contribution in [2.24, 2.45) is 0 Å². The molecular formula is C26H31ClN6O2. The summed E-state index contributed by atoms with van der Waals surface area (Å²) in [6, 6.07) is 8.79. The Morgan fingerprint density at radius 1 is 1.20 bits per heavy atom. The third-order valence-electron chi connectivity index (χ3n) is 7.98. The Kier molecular flexibility index (Phi) is 5.68. The third kappa shape index (κ3) is 4.27. The van der Waals surface area contributed by atoms with Crippen LogP contribution in [0.5, 0.6) is 0 Å². The minimum Gasteiger partial charge on any atom is -0.349 e. The molecule has 1 aromatic heterocycles. The van der Waals surface area contributed by atoms with Crippen molar-refractivity contribution in [2.45, 2.75) is 62.6 Å². The van der Waals surface area contributed by atoms with Crippen molar-refractivity contribution in [2.75, 3.05) is 36.9 Å². The third-order valence-corrected chi connectivity index (χ3v) is 8.23. The van der Waals surface area contributed by atoms with Crippen LogP contribution in [-0.4, -0.2) is 76.4 Å². The highest BCUT2D eigenvalue weighted by Gasteiger charge is 2.53. The summed E-state index contributed by atoms with van der Waals surface area (Å²) in [6.45, 7) is 4.17. The highest BCUT2D eigenvalue weighted by atomic mass is 35.5. The molecule has 0 radical (unpaired) electrons. The van der Waals surface area contributed by atoms with Gasteiger partial charge < -0.3 is 20.0 Å². The fourth-order valence-corrected chi connectivity index (χ4v) is 5.95. The van der Waals surface area contributed by atoms with Gasteiger partial charge in [-0.2, -0.15) is 0 Å². The number of halogens is 1. The first-order chi connectivity index (χ1) is 16.9. The van der Waals surface area contributed by atoms with Gasteiger partial charge in [-0.05, 0) is 49.9 Å². The molecule has 0 bridgehead atoms. The molecule has 0 spiro atoms. The van der Waals surface area contributed by atoms with Crippen LogP contribution in [0.2, 0.25) is 5.02 Å². The van der Waals surface area contributed by atoms with Gasteiger partial charge in [0.2, 0.25) is 11.8 Å². The molecule has 4 atom stereocenters. The van der Waals surface area contributed by atoms with Crippen molar-refractivity contribution in [1.29, 1.82) is 0 Å². The number of piperazine rings is 1. The molecule has 2 aromatic rings. The van der Waals surface area contributed by atoms with Crippen molar-refractivity contribution in [3.63, 3.8) is 0 Å². The molecule has 2 amide bonds. The van der Waals surface area contributed by atoms with Crippen LogP contribution in [-0.2, 0) is 9.59 Å². The number of hydrogen-bond acceptors (Lipinski definition) is 6. The minimum atomic E-state index is -0.201. The Hall–Kier alpha value is -2.71. The molecule has 3 fully saturated rings. The summed E-state index contributed by atoms with van der Waals surface area (Å²) >= 11 is 6.14. The van der Waals surface area contributed by atoms with Crippen LogP contribution < -0.4 is 10.2 Å². The first-order valence-electron chi connectivity index (χ1n) is 12.6. The number of rotatable bonds is 6. The van der Waals surface area contributed by atoms with Crippen molar-refractivity contribution >= 4 is 35.1 Å². The van der Waals surface area contributed by atoms with Gasteiger partial charge in [0.15, 0.2) is 0 Å². The van der Waals surface area contributed by atoms with E-state index >= 15 is 0 Å². The summed E-state index contributed by atoms with van der Waals surface area (Å²) in [7, 11) is 2.13. The average molecular weight is 495 g/mol. The Labute approximate surface area is 210 Å². The maximum atomic E-state index is 13.9. The molecule has 4 aliphatic rings. The lowest BCUT2D eigenvalue weighted by atomic mass is 9.94. The van der Waals surface area contributed by atoms with E-state index in [9.17, 15) is 9.59 Å². The number of anilines is 2. The SMILES string of the molecule is C[C@@H]1CC(=O)Nc2ncnc(N3CCN(C(=O)[C@H](CN(C)C4CC4)c4ccc(Cl)cc4)[C@@H]4C[C@@H]43)c21. The predicted octanol–water partition coefficient (Wildman–Crippen LogP) is 3.24. The number of benzene rings is 1. The second-order valence-corrected chi connectivity index (χ2v) is 10.9. The molecule has 184 valence electrons. The number of amides is 2.